The van der Waals surface area contributed by atoms with Gasteiger partial charge >= 0.3 is 5.56 Å². The van der Waals surface area contributed by atoms with Crippen LogP contribution in [0, 0.1) is 18.6 Å². The van der Waals surface area contributed by atoms with Crippen LogP contribution in [0.3, 0.4) is 0 Å². The topological polar surface area (TPSA) is 124 Å². The van der Waals surface area contributed by atoms with Gasteiger partial charge in [0.05, 0.1) is 36.9 Å². The quantitative estimate of drug-likeness (QED) is 0.178. The van der Waals surface area contributed by atoms with Gasteiger partial charge in [-0.3, -0.25) is 4.79 Å². The predicted octanol–water partition coefficient (Wildman–Crippen LogP) is 4.33. The molecule has 6 rings (SSSR count). The number of hydrogen-bond acceptors (Lipinski definition) is 10. The Morgan fingerprint density at radius 2 is 1.82 bits per heavy atom. The van der Waals surface area contributed by atoms with Crippen molar-refractivity contribution in [1.29, 1.82) is 0 Å². The molecule has 1 saturated heterocycles. The highest BCUT2D eigenvalue weighted by molar-refractivity contribution is 8.00. The molecule has 3 heterocycles. The third-order valence-corrected chi connectivity index (χ3v) is 9.93. The number of fused-ring (bicyclic) bond motifs is 1. The molecule has 1 fully saturated rings. The SMILES string of the molecule is Cc1cc(CN[S+]([O-])N2CCN(c3cnn(-c4cc(F)cc(F)c4)c(=O)c3OCc3ccc4c(c3)SC(C)N4)CC2)ccc1N. The summed E-state index contributed by atoms with van der Waals surface area (Å²) in [5, 5.41) is 7.89. The average Bonchev–Trinajstić information content (AvgIpc) is 3.39. The Morgan fingerprint density at radius 1 is 1.09 bits per heavy atom. The summed E-state index contributed by atoms with van der Waals surface area (Å²) in [6.07, 6.45) is 1.47. The van der Waals surface area contributed by atoms with Gasteiger partial charge in [-0.25, -0.2) is 8.78 Å². The van der Waals surface area contributed by atoms with Crippen LogP contribution in [0.5, 0.6) is 5.75 Å². The molecule has 1 aromatic heterocycles. The number of aryl methyl sites for hydroxylation is 1. The molecule has 0 saturated carbocycles. The lowest BCUT2D eigenvalue weighted by Crippen LogP contribution is -2.52. The van der Waals surface area contributed by atoms with Crippen molar-refractivity contribution < 1.29 is 18.1 Å². The second-order valence-electron chi connectivity index (χ2n) is 10.9. The lowest BCUT2D eigenvalue weighted by molar-refractivity contribution is 0.297. The summed E-state index contributed by atoms with van der Waals surface area (Å²) in [6, 6.07) is 14.4. The Morgan fingerprint density at radius 3 is 2.56 bits per heavy atom. The highest BCUT2D eigenvalue weighted by Crippen LogP contribution is 2.39. The number of nitrogens with two attached hydrogens (primary N) is 1. The molecule has 0 aliphatic carbocycles. The van der Waals surface area contributed by atoms with Crippen molar-refractivity contribution >= 4 is 40.4 Å². The number of nitrogen functional groups attached to an aromatic ring is 1. The molecule has 0 bridgehead atoms. The molecule has 4 aromatic rings. The first kappa shape index (κ1) is 31.2. The minimum Gasteiger partial charge on any atom is -0.579 e. The lowest BCUT2D eigenvalue weighted by Gasteiger charge is -2.35. The Kier molecular flexibility index (Phi) is 9.19. The molecule has 2 aliphatic heterocycles. The third-order valence-electron chi connectivity index (χ3n) is 7.65. The van der Waals surface area contributed by atoms with Crippen molar-refractivity contribution in [2.24, 2.45) is 0 Å². The summed E-state index contributed by atoms with van der Waals surface area (Å²) in [6.45, 7) is 6.33. The van der Waals surface area contributed by atoms with Gasteiger partial charge in [0, 0.05) is 35.4 Å². The van der Waals surface area contributed by atoms with E-state index in [4.69, 9.17) is 10.5 Å². The molecule has 2 unspecified atom stereocenters. The van der Waals surface area contributed by atoms with Crippen molar-refractivity contribution in [3.8, 4) is 11.4 Å². The highest BCUT2D eigenvalue weighted by Gasteiger charge is 2.29. The van der Waals surface area contributed by atoms with Crippen molar-refractivity contribution in [1.82, 2.24) is 18.8 Å². The molecule has 45 heavy (non-hydrogen) atoms. The van der Waals surface area contributed by atoms with E-state index in [2.05, 4.69) is 22.1 Å². The Labute approximate surface area is 267 Å². The highest BCUT2D eigenvalue weighted by atomic mass is 32.2. The number of nitrogens with zero attached hydrogens (tertiary/aromatic N) is 4. The van der Waals surface area contributed by atoms with E-state index in [1.54, 1.807) is 11.8 Å². The Bertz CT molecular complexity index is 1750. The van der Waals surface area contributed by atoms with Crippen LogP contribution < -0.4 is 31.0 Å². The summed E-state index contributed by atoms with van der Waals surface area (Å²) in [4.78, 5) is 16.8. The van der Waals surface area contributed by atoms with Crippen LogP contribution in [-0.2, 0) is 24.7 Å². The number of aromatic nitrogens is 2. The molecule has 0 amide bonds. The van der Waals surface area contributed by atoms with E-state index in [0.717, 1.165) is 50.2 Å². The van der Waals surface area contributed by atoms with Crippen LogP contribution in [0.15, 0.2) is 70.5 Å². The van der Waals surface area contributed by atoms with Crippen LogP contribution in [0.25, 0.3) is 5.69 Å². The largest absolute Gasteiger partial charge is 0.579 e. The van der Waals surface area contributed by atoms with Crippen molar-refractivity contribution in [2.45, 2.75) is 37.3 Å². The van der Waals surface area contributed by atoms with Gasteiger partial charge in [0.1, 0.15) is 35.5 Å². The fourth-order valence-electron chi connectivity index (χ4n) is 5.28. The smallest absolute Gasteiger partial charge is 0.316 e. The molecular weight excluding hydrogens is 621 g/mol. The van der Waals surface area contributed by atoms with Crippen molar-refractivity contribution in [3.05, 3.63) is 99.5 Å². The first-order valence-electron chi connectivity index (χ1n) is 14.4. The Hall–Kier alpha value is -3.82. The number of hydrogen-bond donors (Lipinski definition) is 3. The number of nitrogens with one attached hydrogen (secondary N) is 2. The maximum atomic E-state index is 14.0. The molecule has 2 atom stereocenters. The number of rotatable bonds is 9. The number of thioether (sulfide) groups is 1. The zero-order valence-electron chi connectivity index (χ0n) is 24.8. The number of halogens is 2. The van der Waals surface area contributed by atoms with Gasteiger partial charge in [-0.1, -0.05) is 30.0 Å². The van der Waals surface area contributed by atoms with Crippen LogP contribution >= 0.6 is 11.8 Å². The summed E-state index contributed by atoms with van der Waals surface area (Å²) >= 11 is 0.273. The second-order valence-corrected chi connectivity index (χ2v) is 13.6. The molecular formula is C31H33F2N7O3S2. The lowest BCUT2D eigenvalue weighted by atomic mass is 10.1. The minimum atomic E-state index is -1.43. The zero-order chi connectivity index (χ0) is 31.7. The van der Waals surface area contributed by atoms with Crippen LogP contribution in [0.1, 0.15) is 23.6 Å². The van der Waals surface area contributed by atoms with Gasteiger partial charge in [0.2, 0.25) is 5.75 Å². The zero-order valence-corrected chi connectivity index (χ0v) is 26.4. The summed E-state index contributed by atoms with van der Waals surface area (Å²) in [7, 11) is 0. The molecule has 2 aliphatic rings. The van der Waals surface area contributed by atoms with Crippen LogP contribution in [0.4, 0.5) is 25.8 Å². The number of benzene rings is 3. The standard InChI is InChI=1S/C31H33F2N7O3S2/c1-19-11-21(3-5-26(19)34)16-36-45(42)39-9-7-38(8-10-39)28-17-35-40(25-14-23(32)13-24(33)15-25)31(41)30(28)43-18-22-4-6-27-29(12-22)44-20(2)37-27/h3-6,11-15,17,20,36-37H,7-10,16,18,34H2,1-2H3. The predicted molar refractivity (Wildman–Crippen MR) is 174 cm³/mol. The van der Waals surface area contributed by atoms with Crippen LogP contribution in [-0.4, -0.2) is 50.2 Å². The molecule has 3 aromatic carbocycles. The van der Waals surface area contributed by atoms with E-state index >= 15 is 0 Å². The van der Waals surface area contributed by atoms with Crippen LogP contribution in [0.2, 0.25) is 0 Å². The first-order valence-corrected chi connectivity index (χ1v) is 16.4. The van der Waals surface area contributed by atoms with E-state index in [-0.39, 0.29) is 23.4 Å². The normalized spacial score (nSPS) is 17.2. The van der Waals surface area contributed by atoms with E-state index < -0.39 is 28.7 Å². The maximum Gasteiger partial charge on any atom is 0.316 e. The van der Waals surface area contributed by atoms with Gasteiger partial charge < -0.3 is 25.2 Å². The van der Waals surface area contributed by atoms with E-state index in [0.29, 0.717) is 44.1 Å². The van der Waals surface area contributed by atoms with Gasteiger partial charge in [0.25, 0.3) is 0 Å². The summed E-state index contributed by atoms with van der Waals surface area (Å²) < 4.78 is 53.1. The number of piperazine rings is 1. The van der Waals surface area contributed by atoms with Gasteiger partial charge in [0.15, 0.2) is 0 Å². The molecule has 0 spiro atoms. The molecule has 236 valence electrons. The molecule has 0 radical (unpaired) electrons. The first-order chi connectivity index (χ1) is 21.6. The average molecular weight is 654 g/mol. The number of anilines is 3. The third kappa shape index (κ3) is 7.05. The molecule has 4 N–H and O–H groups in total. The maximum absolute atomic E-state index is 14.0. The second kappa shape index (κ2) is 13.3. The van der Waals surface area contributed by atoms with E-state index in [1.807, 2.05) is 52.5 Å². The Balaban J connectivity index is 1.20. The van der Waals surface area contributed by atoms with Gasteiger partial charge in [-0.2, -0.15) is 9.78 Å². The fourth-order valence-corrected chi connectivity index (χ4v) is 7.29. The monoisotopic (exact) mass is 653 g/mol. The van der Waals surface area contributed by atoms with Gasteiger partial charge in [-0.15, -0.1) is 9.03 Å². The fraction of sp³-hybridized carbons (Fsp3) is 0.290. The van der Waals surface area contributed by atoms with Gasteiger partial charge in [-0.05, 0) is 60.9 Å². The van der Waals surface area contributed by atoms with Crippen molar-refractivity contribution in [2.75, 3.05) is 42.1 Å². The number of ether oxygens (including phenoxy) is 1. The van der Waals surface area contributed by atoms with E-state index in [1.165, 1.54) is 6.20 Å². The molecule has 10 nitrogen and oxygen atoms in total. The molecule has 14 heteroatoms. The van der Waals surface area contributed by atoms with Crippen molar-refractivity contribution in [3.63, 3.8) is 0 Å². The summed E-state index contributed by atoms with van der Waals surface area (Å²) in [5.41, 5.74) is 10.2. The summed E-state index contributed by atoms with van der Waals surface area (Å²) in [5.74, 6) is -1.64. The minimum absolute atomic E-state index is 0.0146. The van der Waals surface area contributed by atoms with E-state index in [9.17, 15) is 18.1 Å².